The zero-order valence-corrected chi connectivity index (χ0v) is 15.9. The van der Waals surface area contributed by atoms with Gasteiger partial charge in [-0.3, -0.25) is 4.79 Å². The molecule has 23 heavy (non-hydrogen) atoms. The second kappa shape index (κ2) is 8.99. The molecule has 0 aromatic rings. The monoisotopic (exact) mass is 348 g/mol. The number of rotatable bonds is 8. The number of nitrogens with zero attached hydrogens (tertiary/aromatic N) is 2. The Morgan fingerprint density at radius 3 is 2.26 bits per heavy atom. The number of ether oxygens (including phenoxy) is 1. The Bertz CT molecular complexity index is 470. The van der Waals surface area contributed by atoms with E-state index in [4.69, 9.17) is 4.74 Å². The molecule has 1 heterocycles. The first-order valence-corrected chi connectivity index (χ1v) is 10.4. The summed E-state index contributed by atoms with van der Waals surface area (Å²) in [5, 5.41) is 0. The number of hydrogen-bond donors (Lipinski definition) is 0. The zero-order chi connectivity index (χ0) is 17.6. The minimum atomic E-state index is -3.18. The molecule has 0 N–H and O–H groups in total. The van der Waals surface area contributed by atoms with Crippen molar-refractivity contribution in [2.24, 2.45) is 5.92 Å². The van der Waals surface area contributed by atoms with Crippen LogP contribution in [-0.4, -0.2) is 68.2 Å². The number of carbonyl (C=O) groups excluding carboxylic acids is 1. The average Bonchev–Trinajstić information content (AvgIpc) is 2.46. The minimum Gasteiger partial charge on any atom is -0.369 e. The molecule has 1 amide bonds. The number of sulfonamides is 1. The lowest BCUT2D eigenvalue weighted by Gasteiger charge is -2.37. The molecule has 0 aliphatic carbocycles. The molecule has 0 saturated carbocycles. The summed E-state index contributed by atoms with van der Waals surface area (Å²) < 4.78 is 30.7. The Balaban J connectivity index is 2.47. The summed E-state index contributed by atoms with van der Waals surface area (Å²) in [5.74, 6) is 0.568. The van der Waals surface area contributed by atoms with Gasteiger partial charge < -0.3 is 9.64 Å². The quantitative estimate of drug-likeness (QED) is 0.670. The van der Waals surface area contributed by atoms with E-state index in [1.165, 1.54) is 10.6 Å². The smallest absolute Gasteiger partial charge is 0.251 e. The molecular formula is C16H32N2O4S. The minimum absolute atomic E-state index is 0.00350. The van der Waals surface area contributed by atoms with Gasteiger partial charge in [0.15, 0.2) is 0 Å². The summed E-state index contributed by atoms with van der Waals surface area (Å²) in [7, 11) is -3.18. The van der Waals surface area contributed by atoms with Crippen molar-refractivity contribution in [3.8, 4) is 0 Å². The molecule has 0 spiro atoms. The fourth-order valence-electron chi connectivity index (χ4n) is 2.95. The van der Waals surface area contributed by atoms with Gasteiger partial charge in [0.25, 0.3) is 5.91 Å². The van der Waals surface area contributed by atoms with E-state index in [9.17, 15) is 13.2 Å². The van der Waals surface area contributed by atoms with E-state index in [-0.39, 0.29) is 11.9 Å². The molecule has 0 aromatic carbocycles. The van der Waals surface area contributed by atoms with Gasteiger partial charge in [0.2, 0.25) is 10.0 Å². The van der Waals surface area contributed by atoms with E-state index in [1.54, 1.807) is 11.8 Å². The summed E-state index contributed by atoms with van der Waals surface area (Å²) in [5.41, 5.74) is 0. The third kappa shape index (κ3) is 6.39. The van der Waals surface area contributed by atoms with Gasteiger partial charge in [-0.1, -0.05) is 20.8 Å². The Morgan fingerprint density at radius 2 is 1.83 bits per heavy atom. The lowest BCUT2D eigenvalue weighted by Crippen LogP contribution is -2.50. The van der Waals surface area contributed by atoms with Crippen molar-refractivity contribution in [1.82, 2.24) is 9.21 Å². The van der Waals surface area contributed by atoms with Crippen molar-refractivity contribution in [3.63, 3.8) is 0 Å². The van der Waals surface area contributed by atoms with Gasteiger partial charge in [-0.25, -0.2) is 8.42 Å². The van der Waals surface area contributed by atoms with E-state index in [0.717, 1.165) is 6.42 Å². The van der Waals surface area contributed by atoms with E-state index in [2.05, 4.69) is 13.8 Å². The van der Waals surface area contributed by atoms with Gasteiger partial charge in [-0.2, -0.15) is 4.31 Å². The van der Waals surface area contributed by atoms with Crippen LogP contribution in [0.25, 0.3) is 0 Å². The van der Waals surface area contributed by atoms with Crippen LogP contribution in [0.15, 0.2) is 0 Å². The highest BCUT2D eigenvalue weighted by Crippen LogP contribution is 2.20. The highest BCUT2D eigenvalue weighted by Gasteiger charge is 2.31. The summed E-state index contributed by atoms with van der Waals surface area (Å²) in [6.45, 7) is 10.2. The second-order valence-electron chi connectivity index (χ2n) is 6.72. The predicted molar refractivity (Wildman–Crippen MR) is 91.7 cm³/mol. The molecule has 1 fully saturated rings. The van der Waals surface area contributed by atoms with Crippen molar-refractivity contribution >= 4 is 15.9 Å². The van der Waals surface area contributed by atoms with Gasteiger partial charge in [0.1, 0.15) is 6.10 Å². The van der Waals surface area contributed by atoms with E-state index >= 15 is 0 Å². The summed E-state index contributed by atoms with van der Waals surface area (Å²) in [6.07, 6.45) is 3.14. The lowest BCUT2D eigenvalue weighted by atomic mass is 10.0. The topological polar surface area (TPSA) is 66.9 Å². The number of amides is 1. The molecule has 0 bridgehead atoms. The van der Waals surface area contributed by atoms with Crippen LogP contribution in [0, 0.1) is 5.92 Å². The van der Waals surface area contributed by atoms with Crippen LogP contribution in [0.5, 0.6) is 0 Å². The maximum atomic E-state index is 12.4. The fourth-order valence-corrected chi connectivity index (χ4v) is 4.17. The van der Waals surface area contributed by atoms with Crippen LogP contribution in [0.2, 0.25) is 0 Å². The van der Waals surface area contributed by atoms with Crippen LogP contribution < -0.4 is 0 Å². The number of likely N-dealkylation sites (tertiary alicyclic amines) is 1. The maximum absolute atomic E-state index is 12.4. The Morgan fingerprint density at radius 1 is 1.26 bits per heavy atom. The Kier molecular flexibility index (Phi) is 7.97. The van der Waals surface area contributed by atoms with E-state index < -0.39 is 16.1 Å². The molecule has 136 valence electrons. The molecule has 1 atom stereocenters. The first-order chi connectivity index (χ1) is 10.7. The number of carbonyl (C=O) groups is 1. The highest BCUT2D eigenvalue weighted by atomic mass is 32.2. The average molecular weight is 349 g/mol. The molecule has 1 aliphatic heterocycles. The Hall–Kier alpha value is -0.660. The molecule has 0 radical (unpaired) electrons. The molecule has 7 heteroatoms. The lowest BCUT2D eigenvalue weighted by molar-refractivity contribution is -0.144. The van der Waals surface area contributed by atoms with Crippen molar-refractivity contribution < 1.29 is 17.9 Å². The molecule has 1 rings (SSSR count). The predicted octanol–water partition coefficient (Wildman–Crippen LogP) is 1.71. The Labute approximate surface area is 141 Å². The third-order valence-corrected chi connectivity index (χ3v) is 5.74. The van der Waals surface area contributed by atoms with Crippen molar-refractivity contribution in [1.29, 1.82) is 0 Å². The molecule has 1 aliphatic rings. The van der Waals surface area contributed by atoms with Crippen molar-refractivity contribution in [2.45, 2.75) is 59.1 Å². The van der Waals surface area contributed by atoms with Crippen LogP contribution in [-0.2, 0) is 19.6 Å². The van der Waals surface area contributed by atoms with Crippen LogP contribution in [0.4, 0.5) is 0 Å². The first kappa shape index (κ1) is 20.4. The maximum Gasteiger partial charge on any atom is 0.251 e. The van der Waals surface area contributed by atoms with Gasteiger partial charge in [0, 0.05) is 32.3 Å². The van der Waals surface area contributed by atoms with E-state index in [1.807, 2.05) is 6.92 Å². The van der Waals surface area contributed by atoms with Crippen LogP contribution >= 0.6 is 0 Å². The normalized spacial score (nSPS) is 18.7. The largest absolute Gasteiger partial charge is 0.369 e. The third-order valence-electron chi connectivity index (χ3n) is 4.33. The molecule has 1 unspecified atom stereocenters. The van der Waals surface area contributed by atoms with Crippen LogP contribution in [0.1, 0.15) is 47.0 Å². The molecule has 1 saturated heterocycles. The molecule has 0 aromatic heterocycles. The molecular weight excluding hydrogens is 316 g/mol. The number of hydrogen-bond acceptors (Lipinski definition) is 4. The van der Waals surface area contributed by atoms with Crippen molar-refractivity contribution in [2.75, 3.05) is 32.5 Å². The SMILES string of the molecule is CCN(C1CCN(C(=O)C(C)OCCC(C)C)CC1)S(C)(=O)=O. The van der Waals surface area contributed by atoms with Gasteiger partial charge >= 0.3 is 0 Å². The fraction of sp³-hybridized carbons (Fsp3) is 0.938. The standard InChI is InChI=1S/C16H32N2O4S/c1-6-18(23(5,20)21)15-7-10-17(11-8-15)16(19)14(4)22-12-9-13(2)3/h13-15H,6-12H2,1-5H3. The zero-order valence-electron chi connectivity index (χ0n) is 15.1. The molecule has 6 nitrogen and oxygen atoms in total. The number of piperidine rings is 1. The summed E-state index contributed by atoms with van der Waals surface area (Å²) in [6, 6.07) is -0.00350. The van der Waals surface area contributed by atoms with Gasteiger partial charge in [0.05, 0.1) is 6.26 Å². The summed E-state index contributed by atoms with van der Waals surface area (Å²) >= 11 is 0. The van der Waals surface area contributed by atoms with Gasteiger partial charge in [-0.05, 0) is 32.1 Å². The van der Waals surface area contributed by atoms with E-state index in [0.29, 0.717) is 45.0 Å². The second-order valence-corrected chi connectivity index (χ2v) is 8.65. The van der Waals surface area contributed by atoms with Crippen LogP contribution in [0.3, 0.4) is 0 Å². The van der Waals surface area contributed by atoms with Gasteiger partial charge in [-0.15, -0.1) is 0 Å². The highest BCUT2D eigenvalue weighted by molar-refractivity contribution is 7.88. The first-order valence-electron chi connectivity index (χ1n) is 8.54. The van der Waals surface area contributed by atoms with Crippen molar-refractivity contribution in [3.05, 3.63) is 0 Å². The summed E-state index contributed by atoms with van der Waals surface area (Å²) in [4.78, 5) is 14.2.